The SMILES string of the molecule is CC1=C(S(=O)N2CCn3nccc3C2)CC(C(=O)NCc2c(F)cccc2N2CC[C@H](F)C2)N1C. The third-order valence-electron chi connectivity index (χ3n) is 7.24. The molecule has 0 bridgehead atoms. The van der Waals surface area contributed by atoms with Crippen LogP contribution in [0.15, 0.2) is 41.1 Å². The maximum Gasteiger partial charge on any atom is 0.243 e. The molecule has 0 saturated carbocycles. The van der Waals surface area contributed by atoms with Crippen molar-refractivity contribution >= 4 is 22.6 Å². The van der Waals surface area contributed by atoms with Gasteiger partial charge in [0, 0.05) is 62.8 Å². The molecule has 1 aromatic carbocycles. The van der Waals surface area contributed by atoms with Gasteiger partial charge < -0.3 is 15.1 Å². The van der Waals surface area contributed by atoms with E-state index in [1.165, 1.54) is 6.07 Å². The number of aromatic nitrogens is 2. The number of halogens is 2. The van der Waals surface area contributed by atoms with E-state index in [0.29, 0.717) is 50.3 Å². The van der Waals surface area contributed by atoms with Crippen LogP contribution in [-0.2, 0) is 35.4 Å². The van der Waals surface area contributed by atoms with E-state index in [9.17, 15) is 17.8 Å². The number of fused-ring (bicyclic) bond motifs is 1. The van der Waals surface area contributed by atoms with Crippen molar-refractivity contribution in [2.75, 3.05) is 31.6 Å². The second kappa shape index (κ2) is 9.69. The molecule has 11 heteroatoms. The van der Waals surface area contributed by atoms with Crippen molar-refractivity contribution in [3.63, 3.8) is 0 Å². The van der Waals surface area contributed by atoms with E-state index < -0.39 is 29.0 Å². The summed E-state index contributed by atoms with van der Waals surface area (Å²) >= 11 is 0. The second-order valence-electron chi connectivity index (χ2n) is 9.29. The highest BCUT2D eigenvalue weighted by Gasteiger charge is 2.37. The number of allylic oxidation sites excluding steroid dienone is 1. The van der Waals surface area contributed by atoms with Gasteiger partial charge >= 0.3 is 0 Å². The number of anilines is 1. The smallest absolute Gasteiger partial charge is 0.243 e. The zero-order valence-electron chi connectivity index (χ0n) is 19.9. The molecule has 2 unspecified atom stereocenters. The fraction of sp³-hybridized carbons (Fsp3) is 0.500. The molecule has 0 spiro atoms. The van der Waals surface area contributed by atoms with E-state index in [2.05, 4.69) is 10.4 Å². The molecule has 0 radical (unpaired) electrons. The molecule has 4 heterocycles. The Bertz CT molecular complexity index is 1180. The summed E-state index contributed by atoms with van der Waals surface area (Å²) in [6, 6.07) is 6.12. The Kier molecular flexibility index (Phi) is 6.63. The summed E-state index contributed by atoms with van der Waals surface area (Å²) in [6.45, 7) is 4.46. The van der Waals surface area contributed by atoms with Gasteiger partial charge in [0.25, 0.3) is 0 Å². The van der Waals surface area contributed by atoms with Crippen LogP contribution in [0.4, 0.5) is 14.5 Å². The lowest BCUT2D eigenvalue weighted by molar-refractivity contribution is -0.125. The second-order valence-corrected chi connectivity index (χ2v) is 10.8. The molecule has 3 aliphatic rings. The predicted octanol–water partition coefficient (Wildman–Crippen LogP) is 2.30. The van der Waals surface area contributed by atoms with Gasteiger partial charge in [-0.25, -0.2) is 17.3 Å². The first-order valence-electron chi connectivity index (χ1n) is 11.9. The molecule has 188 valence electrons. The number of carbonyl (C=O) groups excluding carboxylic acids is 1. The average Bonchev–Trinajstić information content (AvgIpc) is 3.57. The molecule has 1 aromatic heterocycles. The van der Waals surface area contributed by atoms with Gasteiger partial charge in [0.2, 0.25) is 5.91 Å². The summed E-state index contributed by atoms with van der Waals surface area (Å²) in [7, 11) is 0.449. The normalized spacial score (nSPS) is 23.7. The summed E-state index contributed by atoms with van der Waals surface area (Å²) in [5, 5.41) is 7.13. The molecular formula is C24H30F2N6O2S. The van der Waals surface area contributed by atoms with Gasteiger partial charge in [-0.15, -0.1) is 0 Å². The van der Waals surface area contributed by atoms with Crippen LogP contribution in [0.5, 0.6) is 0 Å². The largest absolute Gasteiger partial charge is 0.368 e. The minimum atomic E-state index is -1.37. The van der Waals surface area contributed by atoms with Gasteiger partial charge in [-0.05, 0) is 31.5 Å². The molecule has 2 aromatic rings. The van der Waals surface area contributed by atoms with Crippen molar-refractivity contribution in [3.05, 3.63) is 58.1 Å². The quantitative estimate of drug-likeness (QED) is 0.654. The highest BCUT2D eigenvalue weighted by atomic mass is 32.2. The number of benzene rings is 1. The Labute approximate surface area is 206 Å². The van der Waals surface area contributed by atoms with Crippen LogP contribution in [-0.4, -0.2) is 68.0 Å². The highest BCUT2D eigenvalue weighted by Crippen LogP contribution is 2.32. The van der Waals surface area contributed by atoms with E-state index in [1.807, 2.05) is 38.8 Å². The number of likely N-dealkylation sites (N-methyl/N-ethyl adjacent to an activating group) is 1. The van der Waals surface area contributed by atoms with Crippen molar-refractivity contribution < 1.29 is 17.8 Å². The summed E-state index contributed by atoms with van der Waals surface area (Å²) < 4.78 is 45.6. The fourth-order valence-electron chi connectivity index (χ4n) is 5.06. The Morgan fingerprint density at radius 3 is 2.86 bits per heavy atom. The van der Waals surface area contributed by atoms with Crippen molar-refractivity contribution in [3.8, 4) is 0 Å². The highest BCUT2D eigenvalue weighted by molar-refractivity contribution is 7.86. The number of nitrogens with one attached hydrogen (secondary N) is 1. The lowest BCUT2D eigenvalue weighted by Crippen LogP contribution is -2.41. The molecular weight excluding hydrogens is 474 g/mol. The maximum absolute atomic E-state index is 14.7. The van der Waals surface area contributed by atoms with E-state index in [0.717, 1.165) is 16.3 Å². The Hall–Kier alpha value is -2.79. The van der Waals surface area contributed by atoms with E-state index >= 15 is 0 Å². The summed E-state index contributed by atoms with van der Waals surface area (Å²) in [5.41, 5.74) is 2.81. The zero-order valence-corrected chi connectivity index (χ0v) is 20.7. The van der Waals surface area contributed by atoms with Crippen LogP contribution in [0.3, 0.4) is 0 Å². The molecule has 1 fully saturated rings. The Morgan fingerprint density at radius 1 is 1.26 bits per heavy atom. The van der Waals surface area contributed by atoms with Crippen LogP contribution >= 0.6 is 0 Å². The number of rotatable bonds is 6. The monoisotopic (exact) mass is 504 g/mol. The van der Waals surface area contributed by atoms with Crippen LogP contribution in [0.1, 0.15) is 31.0 Å². The molecule has 3 aliphatic heterocycles. The van der Waals surface area contributed by atoms with Gasteiger partial charge in [0.05, 0.1) is 23.7 Å². The Morgan fingerprint density at radius 2 is 2.09 bits per heavy atom. The molecule has 35 heavy (non-hydrogen) atoms. The summed E-state index contributed by atoms with van der Waals surface area (Å²) in [4.78, 5) is 17.5. The van der Waals surface area contributed by atoms with Crippen molar-refractivity contribution in [1.29, 1.82) is 0 Å². The number of alkyl halides is 1. The first-order valence-corrected chi connectivity index (χ1v) is 13.0. The lowest BCUT2D eigenvalue weighted by Gasteiger charge is -2.26. The molecule has 0 aliphatic carbocycles. The van der Waals surface area contributed by atoms with Crippen molar-refractivity contribution in [2.24, 2.45) is 0 Å². The maximum atomic E-state index is 14.7. The van der Waals surface area contributed by atoms with Crippen LogP contribution < -0.4 is 10.2 Å². The molecule has 8 nitrogen and oxygen atoms in total. The van der Waals surface area contributed by atoms with Gasteiger partial charge in [0.15, 0.2) is 0 Å². The minimum Gasteiger partial charge on any atom is -0.368 e. The summed E-state index contributed by atoms with van der Waals surface area (Å²) in [5.74, 6) is -0.681. The number of nitrogens with zero attached hydrogens (tertiary/aromatic N) is 5. The standard InChI is InChI=1S/C24H30F2N6O2S/c1-16-23(35(34)31-10-11-32-18(15-31)6-8-28-32)12-22(29(16)2)24(33)27-13-19-20(26)4-3-5-21(19)30-9-7-17(25)14-30/h3-6,8,17,22H,7,9-15H2,1-2H3,(H,27,33)/t17-,22?,35?/m0/s1. The lowest BCUT2D eigenvalue weighted by atomic mass is 10.1. The third kappa shape index (κ3) is 4.58. The van der Waals surface area contributed by atoms with E-state index in [1.54, 1.807) is 18.3 Å². The third-order valence-corrected chi connectivity index (χ3v) is 8.90. The minimum absolute atomic E-state index is 0.00617. The average molecular weight is 505 g/mol. The predicted molar refractivity (Wildman–Crippen MR) is 130 cm³/mol. The molecule has 1 N–H and O–H groups in total. The molecule has 5 rings (SSSR count). The van der Waals surface area contributed by atoms with Gasteiger partial charge in [-0.3, -0.25) is 9.48 Å². The number of carbonyl (C=O) groups is 1. The number of hydrogen-bond acceptors (Lipinski definition) is 5. The number of amides is 1. The summed E-state index contributed by atoms with van der Waals surface area (Å²) in [6.07, 6.45) is 1.58. The van der Waals surface area contributed by atoms with Crippen LogP contribution in [0.2, 0.25) is 0 Å². The molecule has 3 atom stereocenters. The van der Waals surface area contributed by atoms with Crippen LogP contribution in [0, 0.1) is 5.82 Å². The first-order chi connectivity index (χ1) is 16.8. The Balaban J connectivity index is 1.24. The van der Waals surface area contributed by atoms with Gasteiger partial charge in [-0.1, -0.05) is 6.07 Å². The van der Waals surface area contributed by atoms with E-state index in [-0.39, 0.29) is 19.0 Å². The van der Waals surface area contributed by atoms with Crippen molar-refractivity contribution in [2.45, 2.75) is 51.6 Å². The van der Waals surface area contributed by atoms with Crippen LogP contribution in [0.25, 0.3) is 0 Å². The first kappa shape index (κ1) is 23.9. The van der Waals surface area contributed by atoms with E-state index in [4.69, 9.17) is 0 Å². The number of hydrogen-bond donors (Lipinski definition) is 1. The van der Waals surface area contributed by atoms with Gasteiger partial charge in [-0.2, -0.15) is 5.10 Å². The van der Waals surface area contributed by atoms with Gasteiger partial charge in [0.1, 0.15) is 29.0 Å². The molecule has 1 amide bonds. The fourth-order valence-corrected chi connectivity index (χ4v) is 6.57. The molecule has 1 saturated heterocycles. The zero-order chi connectivity index (χ0) is 24.7. The topological polar surface area (TPSA) is 73.7 Å². The van der Waals surface area contributed by atoms with Crippen molar-refractivity contribution in [1.82, 2.24) is 24.3 Å².